The van der Waals surface area contributed by atoms with E-state index in [2.05, 4.69) is 10.3 Å². The number of halogens is 1. The monoisotopic (exact) mass is 266 g/mol. The Morgan fingerprint density at radius 1 is 1.39 bits per heavy atom. The van der Waals surface area contributed by atoms with Gasteiger partial charge < -0.3 is 10.1 Å². The molecule has 2 unspecified atom stereocenters. The number of carbonyl (C=O) groups is 1. The molecule has 2 fully saturated rings. The second-order valence-electron chi connectivity index (χ2n) is 4.89. The Kier molecular flexibility index (Phi) is 3.22. The first-order valence-corrected chi connectivity index (χ1v) is 6.67. The minimum atomic E-state index is -0.168. The predicted octanol–water partition coefficient (Wildman–Crippen LogP) is 2.03. The number of carbonyl (C=O) groups excluding carboxylic acids is 1. The summed E-state index contributed by atoms with van der Waals surface area (Å²) in [4.78, 5) is 16.1. The van der Waals surface area contributed by atoms with Gasteiger partial charge in [0.15, 0.2) is 0 Å². The molecule has 0 bridgehead atoms. The lowest BCUT2D eigenvalue weighted by molar-refractivity contribution is 0.0727. The molecule has 4 nitrogen and oxygen atoms in total. The first-order chi connectivity index (χ1) is 8.74. The zero-order chi connectivity index (χ0) is 12.5. The highest BCUT2D eigenvalue weighted by Gasteiger charge is 2.41. The van der Waals surface area contributed by atoms with E-state index in [1.807, 2.05) is 0 Å². The van der Waals surface area contributed by atoms with Crippen LogP contribution in [0, 0.1) is 5.92 Å². The van der Waals surface area contributed by atoms with Crippen molar-refractivity contribution in [1.29, 1.82) is 0 Å². The lowest BCUT2D eigenvalue weighted by Gasteiger charge is -2.19. The fraction of sp³-hybridized carbons (Fsp3) is 0.538. The number of amides is 1. The summed E-state index contributed by atoms with van der Waals surface area (Å²) in [5, 5.41) is 3.35. The summed E-state index contributed by atoms with van der Waals surface area (Å²) in [6.45, 7) is 0.731. The third-order valence-corrected chi connectivity index (χ3v) is 3.70. The molecular weight excluding hydrogens is 252 g/mol. The van der Waals surface area contributed by atoms with Crippen molar-refractivity contribution in [3.05, 3.63) is 29.0 Å². The lowest BCUT2D eigenvalue weighted by Crippen LogP contribution is -2.41. The van der Waals surface area contributed by atoms with Crippen molar-refractivity contribution in [3.8, 4) is 0 Å². The maximum Gasteiger partial charge on any atom is 0.270 e. The summed E-state index contributed by atoms with van der Waals surface area (Å²) in [5.41, 5.74) is 0.365. The number of nitrogens with one attached hydrogen (secondary N) is 1. The molecule has 1 N–H and O–H groups in total. The van der Waals surface area contributed by atoms with Crippen LogP contribution in [0.15, 0.2) is 18.2 Å². The van der Waals surface area contributed by atoms with Crippen LogP contribution in [-0.4, -0.2) is 29.6 Å². The molecule has 1 saturated heterocycles. The Balaban J connectivity index is 1.66. The quantitative estimate of drug-likeness (QED) is 0.852. The lowest BCUT2D eigenvalue weighted by atomic mass is 10.1. The van der Waals surface area contributed by atoms with Crippen molar-refractivity contribution in [1.82, 2.24) is 10.3 Å². The number of ether oxygens (including phenoxy) is 1. The van der Waals surface area contributed by atoms with E-state index in [0.29, 0.717) is 16.8 Å². The summed E-state index contributed by atoms with van der Waals surface area (Å²) < 4.78 is 5.69. The van der Waals surface area contributed by atoms with E-state index in [1.165, 1.54) is 12.8 Å². The van der Waals surface area contributed by atoms with Gasteiger partial charge in [0.2, 0.25) is 0 Å². The molecule has 1 saturated carbocycles. The summed E-state index contributed by atoms with van der Waals surface area (Å²) >= 11 is 5.78. The highest BCUT2D eigenvalue weighted by atomic mass is 35.5. The number of pyridine rings is 1. The highest BCUT2D eigenvalue weighted by Crippen LogP contribution is 2.38. The molecule has 3 rings (SSSR count). The Morgan fingerprint density at radius 2 is 2.22 bits per heavy atom. The topological polar surface area (TPSA) is 51.2 Å². The largest absolute Gasteiger partial charge is 0.376 e. The molecule has 1 amide bonds. The van der Waals surface area contributed by atoms with Gasteiger partial charge in [-0.2, -0.15) is 0 Å². The van der Waals surface area contributed by atoms with Gasteiger partial charge in [-0.25, -0.2) is 4.98 Å². The first-order valence-electron chi connectivity index (χ1n) is 6.29. The van der Waals surface area contributed by atoms with Crippen LogP contribution in [0.4, 0.5) is 0 Å². The van der Waals surface area contributed by atoms with Crippen molar-refractivity contribution in [2.45, 2.75) is 31.4 Å². The Morgan fingerprint density at radius 3 is 2.94 bits per heavy atom. The van der Waals surface area contributed by atoms with Gasteiger partial charge in [0, 0.05) is 6.61 Å². The second kappa shape index (κ2) is 4.86. The summed E-state index contributed by atoms with van der Waals surface area (Å²) in [6.07, 6.45) is 3.50. The molecule has 18 heavy (non-hydrogen) atoms. The zero-order valence-corrected chi connectivity index (χ0v) is 10.7. The summed E-state index contributed by atoms with van der Waals surface area (Å²) in [7, 11) is 0. The van der Waals surface area contributed by atoms with Crippen molar-refractivity contribution in [2.75, 3.05) is 6.61 Å². The highest BCUT2D eigenvalue weighted by molar-refractivity contribution is 6.29. The Labute approximate surface area is 111 Å². The molecular formula is C13H15ClN2O2. The van der Waals surface area contributed by atoms with Crippen LogP contribution in [0.25, 0.3) is 0 Å². The molecule has 2 atom stereocenters. The average molecular weight is 267 g/mol. The molecule has 1 aliphatic heterocycles. The van der Waals surface area contributed by atoms with Gasteiger partial charge in [-0.05, 0) is 37.3 Å². The third kappa shape index (κ3) is 2.49. The van der Waals surface area contributed by atoms with Gasteiger partial charge in [0.05, 0.1) is 12.1 Å². The summed E-state index contributed by atoms with van der Waals surface area (Å²) in [6, 6.07) is 5.17. The molecule has 0 aromatic carbocycles. The molecule has 1 aromatic heterocycles. The Hall–Kier alpha value is -1.13. The SMILES string of the molecule is O=C(NC1CCOC1C1CC1)c1cccc(Cl)n1. The van der Waals surface area contributed by atoms with Gasteiger partial charge in [0.25, 0.3) is 5.91 Å². The number of hydrogen-bond donors (Lipinski definition) is 1. The van der Waals surface area contributed by atoms with E-state index < -0.39 is 0 Å². The van der Waals surface area contributed by atoms with Crippen LogP contribution in [0.2, 0.25) is 5.15 Å². The number of hydrogen-bond acceptors (Lipinski definition) is 3. The molecule has 1 aromatic rings. The molecule has 0 radical (unpaired) electrons. The maximum absolute atomic E-state index is 12.1. The van der Waals surface area contributed by atoms with Gasteiger partial charge in [-0.1, -0.05) is 17.7 Å². The number of nitrogens with zero attached hydrogens (tertiary/aromatic N) is 1. The predicted molar refractivity (Wildman–Crippen MR) is 67.6 cm³/mol. The van der Waals surface area contributed by atoms with Gasteiger partial charge in [-0.15, -0.1) is 0 Å². The van der Waals surface area contributed by atoms with Crippen molar-refractivity contribution in [2.24, 2.45) is 5.92 Å². The summed E-state index contributed by atoms with van der Waals surface area (Å²) in [5.74, 6) is 0.462. The van der Waals surface area contributed by atoms with E-state index >= 15 is 0 Å². The van der Waals surface area contributed by atoms with Crippen LogP contribution in [-0.2, 0) is 4.74 Å². The second-order valence-corrected chi connectivity index (χ2v) is 5.27. The zero-order valence-electron chi connectivity index (χ0n) is 9.93. The minimum Gasteiger partial charge on any atom is -0.376 e. The van der Waals surface area contributed by atoms with E-state index in [1.54, 1.807) is 18.2 Å². The normalized spacial score (nSPS) is 27.2. The first kappa shape index (κ1) is 11.9. The van der Waals surface area contributed by atoms with E-state index in [4.69, 9.17) is 16.3 Å². The molecule has 2 aliphatic rings. The fourth-order valence-electron chi connectivity index (χ4n) is 2.43. The standard InChI is InChI=1S/C13H15ClN2O2/c14-11-3-1-2-10(15-11)13(17)16-9-6-7-18-12(9)8-4-5-8/h1-3,8-9,12H,4-7H2,(H,16,17). The van der Waals surface area contributed by atoms with Gasteiger partial charge in [-0.3, -0.25) is 4.79 Å². The van der Waals surface area contributed by atoms with E-state index in [0.717, 1.165) is 13.0 Å². The molecule has 5 heteroatoms. The van der Waals surface area contributed by atoms with Crippen LogP contribution < -0.4 is 5.32 Å². The molecule has 2 heterocycles. The van der Waals surface area contributed by atoms with Crippen LogP contribution in [0.1, 0.15) is 29.8 Å². The van der Waals surface area contributed by atoms with Crippen molar-refractivity contribution >= 4 is 17.5 Å². The smallest absolute Gasteiger partial charge is 0.270 e. The van der Waals surface area contributed by atoms with E-state index in [-0.39, 0.29) is 18.1 Å². The fourth-order valence-corrected chi connectivity index (χ4v) is 2.60. The third-order valence-electron chi connectivity index (χ3n) is 3.49. The van der Waals surface area contributed by atoms with Crippen molar-refractivity contribution < 1.29 is 9.53 Å². The molecule has 1 aliphatic carbocycles. The number of rotatable bonds is 3. The number of aromatic nitrogens is 1. The molecule has 0 spiro atoms. The van der Waals surface area contributed by atoms with Gasteiger partial charge in [0.1, 0.15) is 10.8 Å². The molecule has 96 valence electrons. The maximum atomic E-state index is 12.1. The average Bonchev–Trinajstić information content (AvgIpc) is 3.10. The van der Waals surface area contributed by atoms with Crippen molar-refractivity contribution in [3.63, 3.8) is 0 Å². The van der Waals surface area contributed by atoms with Crippen LogP contribution >= 0.6 is 11.6 Å². The van der Waals surface area contributed by atoms with E-state index in [9.17, 15) is 4.79 Å². The minimum absolute atomic E-state index is 0.116. The van der Waals surface area contributed by atoms with Crippen LogP contribution in [0.5, 0.6) is 0 Å². The Bertz CT molecular complexity index is 462. The van der Waals surface area contributed by atoms with Crippen LogP contribution in [0.3, 0.4) is 0 Å². The van der Waals surface area contributed by atoms with Gasteiger partial charge >= 0.3 is 0 Å².